The monoisotopic (exact) mass is 310 g/mol. The third-order valence-electron chi connectivity index (χ3n) is 2.76. The number of rotatable bonds is 6. The van der Waals surface area contributed by atoms with E-state index in [0.29, 0.717) is 22.8 Å². The van der Waals surface area contributed by atoms with Crippen molar-refractivity contribution in [1.29, 1.82) is 0 Å². The summed E-state index contributed by atoms with van der Waals surface area (Å²) in [5, 5.41) is 4.08. The molecule has 0 amide bonds. The molecule has 1 heterocycles. The van der Waals surface area contributed by atoms with Gasteiger partial charge in [0.25, 0.3) is 0 Å². The number of hydrogen-bond donors (Lipinski definition) is 2. The second-order valence-electron chi connectivity index (χ2n) is 4.64. The molecule has 8 heteroatoms. The lowest BCUT2D eigenvalue weighted by molar-refractivity contribution is 0.341. The Labute approximate surface area is 123 Å². The number of nitrogens with one attached hydrogen (secondary N) is 1. The molecule has 0 aliphatic carbocycles. The largest absolute Gasteiger partial charge is 0.492 e. The maximum atomic E-state index is 12.0. The number of ether oxygens (including phenoxy) is 1. The summed E-state index contributed by atoms with van der Waals surface area (Å²) in [4.78, 5) is 0. The minimum atomic E-state index is -3.48. The standard InChI is InChI=1S/C13H18N4O3S/c1-10-13(9-17(2)15-10)16-21(18,19)7-6-20-12-5-3-4-11(14)8-12/h3-5,8-9,16H,6-7,14H2,1-2H3. The number of nitrogens with two attached hydrogens (primary N) is 1. The molecule has 0 saturated heterocycles. The highest BCUT2D eigenvalue weighted by atomic mass is 32.2. The van der Waals surface area contributed by atoms with Gasteiger partial charge in [0.1, 0.15) is 18.1 Å². The molecule has 2 aromatic rings. The number of nitrogen functional groups attached to an aromatic ring is 1. The van der Waals surface area contributed by atoms with Gasteiger partial charge < -0.3 is 10.5 Å². The molecule has 114 valence electrons. The molecule has 0 aliphatic rings. The van der Waals surface area contributed by atoms with Crippen LogP contribution in [0.5, 0.6) is 5.75 Å². The van der Waals surface area contributed by atoms with Gasteiger partial charge in [-0.1, -0.05) is 6.07 Å². The van der Waals surface area contributed by atoms with Crippen LogP contribution in [0.2, 0.25) is 0 Å². The van der Waals surface area contributed by atoms with Gasteiger partial charge in [-0.2, -0.15) is 5.10 Å². The summed E-state index contributed by atoms with van der Waals surface area (Å²) in [5.74, 6) is 0.388. The molecule has 0 spiro atoms. The fourth-order valence-corrected chi connectivity index (χ4v) is 2.73. The predicted molar refractivity (Wildman–Crippen MR) is 81.7 cm³/mol. The summed E-state index contributed by atoms with van der Waals surface area (Å²) in [6, 6.07) is 6.85. The van der Waals surface area contributed by atoms with Gasteiger partial charge >= 0.3 is 0 Å². The first-order valence-corrected chi connectivity index (χ1v) is 8.00. The number of benzene rings is 1. The summed E-state index contributed by atoms with van der Waals surface area (Å²) < 4.78 is 33.3. The average molecular weight is 310 g/mol. The predicted octanol–water partition coefficient (Wildman–Crippen LogP) is 1.13. The first kappa shape index (κ1) is 15.2. The number of hydrogen-bond acceptors (Lipinski definition) is 5. The minimum absolute atomic E-state index is 0.0398. The topological polar surface area (TPSA) is 99.2 Å². The zero-order chi connectivity index (χ0) is 15.5. The van der Waals surface area contributed by atoms with E-state index in [9.17, 15) is 8.42 Å². The summed E-state index contributed by atoms with van der Waals surface area (Å²) >= 11 is 0. The quantitative estimate of drug-likeness (QED) is 0.779. The SMILES string of the molecule is Cc1nn(C)cc1NS(=O)(=O)CCOc1cccc(N)c1. The number of anilines is 2. The summed E-state index contributed by atoms with van der Waals surface area (Å²) in [6.45, 7) is 1.78. The van der Waals surface area contributed by atoms with Crippen molar-refractivity contribution in [3.8, 4) is 5.75 Å². The van der Waals surface area contributed by atoms with Gasteiger partial charge in [0.2, 0.25) is 10.0 Å². The molecule has 1 aromatic carbocycles. The normalized spacial score (nSPS) is 11.3. The summed E-state index contributed by atoms with van der Waals surface area (Å²) in [7, 11) is -1.75. The Morgan fingerprint density at radius 3 is 2.81 bits per heavy atom. The van der Waals surface area contributed by atoms with Crippen LogP contribution in [0.25, 0.3) is 0 Å². The Morgan fingerprint density at radius 1 is 1.43 bits per heavy atom. The third kappa shape index (κ3) is 4.38. The summed E-state index contributed by atoms with van der Waals surface area (Å²) in [6.07, 6.45) is 1.62. The van der Waals surface area contributed by atoms with Gasteiger partial charge in [-0.15, -0.1) is 0 Å². The lowest BCUT2D eigenvalue weighted by Gasteiger charge is -2.09. The van der Waals surface area contributed by atoms with E-state index in [4.69, 9.17) is 10.5 Å². The van der Waals surface area contributed by atoms with Gasteiger partial charge in [-0.05, 0) is 19.1 Å². The highest BCUT2D eigenvalue weighted by Gasteiger charge is 2.14. The minimum Gasteiger partial charge on any atom is -0.492 e. The van der Waals surface area contributed by atoms with E-state index < -0.39 is 10.0 Å². The van der Waals surface area contributed by atoms with Crippen LogP contribution in [0, 0.1) is 6.92 Å². The van der Waals surface area contributed by atoms with E-state index in [1.807, 2.05) is 0 Å². The van der Waals surface area contributed by atoms with E-state index in [2.05, 4.69) is 9.82 Å². The maximum Gasteiger partial charge on any atom is 0.236 e. The first-order valence-electron chi connectivity index (χ1n) is 6.35. The van der Waals surface area contributed by atoms with E-state index in [1.165, 1.54) is 0 Å². The average Bonchev–Trinajstić information content (AvgIpc) is 2.66. The second kappa shape index (κ2) is 6.04. The van der Waals surface area contributed by atoms with Crippen LogP contribution >= 0.6 is 0 Å². The molecule has 7 nitrogen and oxygen atoms in total. The Bertz CT molecular complexity index is 725. The Balaban J connectivity index is 1.91. The van der Waals surface area contributed by atoms with Crippen molar-refractivity contribution in [2.45, 2.75) is 6.92 Å². The molecule has 0 aliphatic heterocycles. The molecule has 21 heavy (non-hydrogen) atoms. The molecule has 0 unspecified atom stereocenters. The Kier molecular flexibility index (Phi) is 4.37. The van der Waals surface area contributed by atoms with Crippen molar-refractivity contribution in [3.05, 3.63) is 36.2 Å². The molecular formula is C13H18N4O3S. The first-order chi connectivity index (χ1) is 9.85. The summed E-state index contributed by atoms with van der Waals surface area (Å²) in [5.41, 5.74) is 7.28. The fourth-order valence-electron chi connectivity index (χ4n) is 1.79. The number of nitrogens with zero attached hydrogens (tertiary/aromatic N) is 2. The Hall–Kier alpha value is -2.22. The van der Waals surface area contributed by atoms with Crippen LogP contribution in [-0.2, 0) is 17.1 Å². The van der Waals surface area contributed by atoms with Crippen molar-refractivity contribution in [2.24, 2.45) is 7.05 Å². The van der Waals surface area contributed by atoms with Crippen molar-refractivity contribution in [2.75, 3.05) is 22.8 Å². The van der Waals surface area contributed by atoms with Crippen LogP contribution in [-0.4, -0.2) is 30.6 Å². The smallest absolute Gasteiger partial charge is 0.236 e. The zero-order valence-electron chi connectivity index (χ0n) is 11.9. The molecule has 0 bridgehead atoms. The highest BCUT2D eigenvalue weighted by molar-refractivity contribution is 7.92. The number of aromatic nitrogens is 2. The molecule has 0 atom stereocenters. The lowest BCUT2D eigenvalue weighted by Crippen LogP contribution is -2.21. The molecule has 1 aromatic heterocycles. The maximum absolute atomic E-state index is 12.0. The zero-order valence-corrected chi connectivity index (χ0v) is 12.7. The van der Waals surface area contributed by atoms with Crippen LogP contribution in [0.3, 0.4) is 0 Å². The van der Waals surface area contributed by atoms with Gasteiger partial charge in [0, 0.05) is 25.0 Å². The van der Waals surface area contributed by atoms with Gasteiger partial charge in [0.05, 0.1) is 11.4 Å². The number of sulfonamides is 1. The van der Waals surface area contributed by atoms with E-state index >= 15 is 0 Å². The fraction of sp³-hybridized carbons (Fsp3) is 0.308. The molecule has 0 radical (unpaired) electrons. The van der Waals surface area contributed by atoms with E-state index in [-0.39, 0.29) is 12.4 Å². The van der Waals surface area contributed by atoms with E-state index in [1.54, 1.807) is 49.1 Å². The molecule has 3 N–H and O–H groups in total. The molecule has 2 rings (SSSR count). The van der Waals surface area contributed by atoms with Crippen molar-refractivity contribution in [1.82, 2.24) is 9.78 Å². The Morgan fingerprint density at radius 2 is 2.19 bits per heavy atom. The van der Waals surface area contributed by atoms with Gasteiger partial charge in [0.15, 0.2) is 0 Å². The van der Waals surface area contributed by atoms with Crippen LogP contribution in [0.1, 0.15) is 5.69 Å². The second-order valence-corrected chi connectivity index (χ2v) is 6.49. The van der Waals surface area contributed by atoms with Crippen molar-refractivity contribution in [3.63, 3.8) is 0 Å². The van der Waals surface area contributed by atoms with Gasteiger partial charge in [-0.3, -0.25) is 9.40 Å². The van der Waals surface area contributed by atoms with Crippen LogP contribution < -0.4 is 15.2 Å². The molecule has 0 saturated carbocycles. The van der Waals surface area contributed by atoms with Crippen LogP contribution in [0.4, 0.5) is 11.4 Å². The van der Waals surface area contributed by atoms with Crippen molar-refractivity contribution >= 4 is 21.4 Å². The van der Waals surface area contributed by atoms with Crippen LogP contribution in [0.15, 0.2) is 30.5 Å². The van der Waals surface area contributed by atoms with E-state index in [0.717, 1.165) is 0 Å². The molecule has 0 fully saturated rings. The van der Waals surface area contributed by atoms with Gasteiger partial charge in [-0.25, -0.2) is 8.42 Å². The van der Waals surface area contributed by atoms with Crippen molar-refractivity contribution < 1.29 is 13.2 Å². The molecular weight excluding hydrogens is 292 g/mol. The highest BCUT2D eigenvalue weighted by Crippen LogP contribution is 2.15. The third-order valence-corrected chi connectivity index (χ3v) is 3.99. The lowest BCUT2D eigenvalue weighted by atomic mass is 10.3. The number of aryl methyl sites for hydroxylation is 2.